The third-order valence-corrected chi connectivity index (χ3v) is 0.512. The molecule has 0 amide bonds. The van der Waals surface area contributed by atoms with E-state index in [1.165, 1.54) is 0 Å². The smallest absolute Gasteiger partial charge is 0.0785 e. The number of halogens is 1. The Labute approximate surface area is 73.6 Å². The minimum Gasteiger partial charge on any atom is -0.396 e. The minimum absolute atomic E-state index is 0. The Hall–Kier alpha value is -1.11. The molecule has 0 aliphatic heterocycles. The van der Waals surface area contributed by atoms with Crippen LogP contribution < -0.4 is 0 Å². The molecule has 0 bridgehead atoms. The summed E-state index contributed by atoms with van der Waals surface area (Å²) in [6.45, 7) is 2.40. The summed E-state index contributed by atoms with van der Waals surface area (Å²) >= 11 is 0. The molecular formula is C9H29FORf. The molecule has 0 aromatic carbocycles. The van der Waals surface area contributed by atoms with E-state index in [1.807, 2.05) is 0 Å². The first-order chi connectivity index (χ1) is 3.41. The quantitative estimate of drug-likeness (QED) is 0.692. The summed E-state index contributed by atoms with van der Waals surface area (Å²) in [7, 11) is 0.500. The van der Waals surface area contributed by atoms with Crippen molar-refractivity contribution in [1.29, 1.82) is 0 Å². The van der Waals surface area contributed by atoms with Gasteiger partial charge in [-0.1, -0.05) is 43.1 Å². The van der Waals surface area contributed by atoms with Gasteiger partial charge >= 0.3 is 0 Å². The predicted octanol–water partition coefficient (Wildman–Crippen LogP) is 3.91. The van der Waals surface area contributed by atoms with Crippen LogP contribution >= 0.6 is 0 Å². The van der Waals surface area contributed by atoms with Gasteiger partial charge in [0.15, 0.2) is 0 Å². The van der Waals surface area contributed by atoms with Crippen molar-refractivity contribution in [3.05, 3.63) is 0 Å². The summed E-state index contributed by atoms with van der Waals surface area (Å²) < 4.78 is 9.50. The van der Waals surface area contributed by atoms with Crippen LogP contribution in [0.15, 0.2) is 0 Å². The molecule has 0 saturated carbocycles. The molecule has 1 N–H and O–H groups in total. The van der Waals surface area contributed by atoms with Crippen molar-refractivity contribution in [2.75, 3.05) is 13.8 Å². The number of rotatable bonds is 2. The topological polar surface area (TPSA) is 20.2 Å². The van der Waals surface area contributed by atoms with Crippen LogP contribution in [0.4, 0.5) is 4.39 Å². The molecule has 0 atom stereocenters. The van der Waals surface area contributed by atoms with E-state index in [0.29, 0.717) is 13.8 Å². The summed E-state index contributed by atoms with van der Waals surface area (Å²) in [4.78, 5) is 0. The molecule has 0 rings (SSSR count). The van der Waals surface area contributed by atoms with Crippen LogP contribution in [0.25, 0.3) is 0 Å². The summed E-state index contributed by atoms with van der Waals surface area (Å²) in [5.74, 6) is 0. The second-order valence-electron chi connectivity index (χ2n) is 1.08. The molecule has 12 heavy (non-hydrogen) atoms. The largest absolute Gasteiger partial charge is 0.396 e. The van der Waals surface area contributed by atoms with Crippen molar-refractivity contribution >= 4 is 0 Å². The Bertz CT molecular complexity index is 22.0. The average molecular weight is 439 g/mol. The number of unbranched alkanes of at least 4 members (excludes halogenated alkanes) is 1. The minimum atomic E-state index is 0. The number of alkyl halides is 1. The zero-order valence-corrected chi connectivity index (χ0v) is 12.1. The van der Waals surface area contributed by atoms with E-state index in [9.17, 15) is 4.39 Å². The van der Waals surface area contributed by atoms with Gasteiger partial charge in [-0.15, -0.1) is 0 Å². The molecule has 0 radical (unpaired) electrons. The van der Waals surface area contributed by atoms with Gasteiger partial charge in [-0.2, -0.15) is 0 Å². The molecule has 0 fully saturated rings. The molecule has 0 saturated heterocycles. The van der Waals surface area contributed by atoms with Gasteiger partial charge in [0.05, 0.1) is 7.18 Å². The number of aliphatic hydroxyl groups is 1. The van der Waals surface area contributed by atoms with Gasteiger partial charge in [0.2, 0.25) is 0 Å². The molecule has 0 aliphatic rings. The van der Waals surface area contributed by atoms with Gasteiger partial charge in [-0.05, 0) is 6.42 Å². The first kappa shape index (κ1) is 70.4. The van der Waals surface area contributed by atoms with E-state index in [0.717, 1.165) is 12.8 Å². The first-order valence-corrected chi connectivity index (χ1v) is 2.40. The number of aliphatic hydroxyl groups excluding tert-OH is 1. The Balaban J connectivity index is -0.00000000671. The second-order valence-corrected chi connectivity index (χ2v) is 1.08. The van der Waals surface area contributed by atoms with Crippen molar-refractivity contribution < 1.29 is 9.50 Å². The summed E-state index contributed by atoms with van der Waals surface area (Å²) in [5.41, 5.74) is 0. The van der Waals surface area contributed by atoms with Gasteiger partial charge in [-0.3, -0.25) is 4.39 Å². The molecule has 0 heterocycles. The van der Waals surface area contributed by atoms with Crippen LogP contribution in [0.2, 0.25) is 0 Å². The van der Waals surface area contributed by atoms with E-state index < -0.39 is 0 Å². The van der Waals surface area contributed by atoms with Crippen molar-refractivity contribution in [3.8, 4) is 0 Å². The van der Waals surface area contributed by atoms with Crippen LogP contribution in [0, 0.1) is 0 Å². The van der Waals surface area contributed by atoms with E-state index in [-0.39, 0.29) is 29.7 Å². The van der Waals surface area contributed by atoms with Crippen molar-refractivity contribution in [3.63, 3.8) is 0 Å². The molecule has 80 valence electrons. The molecule has 0 aliphatic carbocycles. The van der Waals surface area contributed by atoms with E-state index >= 15 is 0 Å². The van der Waals surface area contributed by atoms with E-state index in [4.69, 9.17) is 5.11 Å². The maximum atomic E-state index is 9.50. The zero-order valence-electron chi connectivity index (χ0n) is 5.65. The zero-order chi connectivity index (χ0) is 6.12. The normalized spacial score (nSPS) is 4.00. The second kappa shape index (κ2) is 219. The summed E-state index contributed by atoms with van der Waals surface area (Å²) in [6.07, 6.45) is 2.04. The van der Waals surface area contributed by atoms with Crippen LogP contribution in [0.1, 0.15) is 49.5 Å². The molecule has 3 heteroatoms. The fourth-order valence-electron chi connectivity index (χ4n) is 0.158. The van der Waals surface area contributed by atoms with Crippen molar-refractivity contribution in [1.82, 2.24) is 0 Å². The number of hydrogen-bond acceptors (Lipinski definition) is 1. The summed E-state index contributed by atoms with van der Waals surface area (Å²) in [5, 5.41) is 8.07. The molecule has 1 nitrogen and oxygen atoms in total. The fraction of sp³-hybridized carbons (Fsp3) is 1.00. The van der Waals surface area contributed by atoms with E-state index in [2.05, 4.69) is 6.92 Å². The fourth-order valence-corrected chi connectivity index (χ4v) is 0.158. The third-order valence-electron chi connectivity index (χ3n) is 0.512. The van der Waals surface area contributed by atoms with Gasteiger partial charge in [0.1, 0.15) is 0 Å². The Kier molecular flexibility index (Phi) is 1280. The van der Waals surface area contributed by atoms with Gasteiger partial charge in [-0.25, -0.2) is 0 Å². The van der Waals surface area contributed by atoms with Crippen LogP contribution in [-0.2, 0) is 0 Å². The first-order valence-electron chi connectivity index (χ1n) is 2.40. The Morgan fingerprint density at radius 1 is 1.00 bits per heavy atom. The molecular weight excluding hydrogens is 410 g/mol. The van der Waals surface area contributed by atoms with Gasteiger partial charge < -0.3 is 5.11 Å². The van der Waals surface area contributed by atoms with Gasteiger partial charge in [0.25, 0.3) is 0 Å². The molecule has 0 spiro atoms. The third kappa shape index (κ3) is 699. The standard InChI is InChI=1S/C4H10O.CH3F.4CH4.Rf/c1-2-3-4-5;1-2;;;;;/h5H,2-4H2,1H3;1H3;4*1H4;. The monoisotopic (exact) mass is 439 g/mol. The van der Waals surface area contributed by atoms with Crippen molar-refractivity contribution in [2.24, 2.45) is 0 Å². The molecule has 0 aromatic rings. The van der Waals surface area contributed by atoms with Gasteiger partial charge in [0, 0.05) is 6.61 Å². The van der Waals surface area contributed by atoms with Crippen LogP contribution in [-0.4, -0.2) is 18.9 Å². The molecule has 0 unspecified atom stereocenters. The maximum Gasteiger partial charge on any atom is 0.0785 e. The van der Waals surface area contributed by atoms with Crippen LogP contribution in [0.5, 0.6) is 0 Å². The predicted molar refractivity (Wildman–Crippen MR) is 55.9 cm³/mol. The Morgan fingerprint density at radius 3 is 1.25 bits per heavy atom. The van der Waals surface area contributed by atoms with E-state index in [1.54, 1.807) is 0 Å². The van der Waals surface area contributed by atoms with Crippen LogP contribution in [0.3, 0.4) is 0 Å². The average Bonchev–Trinajstić information content (AvgIpc) is 1.75. The number of hydrogen-bond donors (Lipinski definition) is 1. The Morgan fingerprint density at radius 2 is 1.25 bits per heavy atom. The SMILES string of the molecule is C.C.C.C.CCCCO.CF.[Rf]. The molecule has 0 aromatic heterocycles. The van der Waals surface area contributed by atoms with Crippen molar-refractivity contribution in [2.45, 2.75) is 49.5 Å². The maximum absolute atomic E-state index is 9.50. The summed E-state index contributed by atoms with van der Waals surface area (Å²) in [6, 6.07) is 0.